The molecule has 4 heteroatoms. The van der Waals surface area contributed by atoms with Crippen molar-refractivity contribution >= 4 is 11.6 Å². The maximum atomic E-state index is 13.7. The summed E-state index contributed by atoms with van der Waals surface area (Å²) in [6.07, 6.45) is 0.977. The lowest BCUT2D eigenvalue weighted by molar-refractivity contribution is 0.0946. The molecule has 2 rings (SSSR count). The van der Waals surface area contributed by atoms with Gasteiger partial charge >= 0.3 is 0 Å². The van der Waals surface area contributed by atoms with Crippen molar-refractivity contribution in [3.05, 3.63) is 29.6 Å². The molecule has 1 aromatic carbocycles. The summed E-state index contributed by atoms with van der Waals surface area (Å²) in [6, 6.07) is 4.76. The number of nitrogens with one attached hydrogen (secondary N) is 2. The Morgan fingerprint density at radius 2 is 2.17 bits per heavy atom. The monoisotopic (exact) mass is 250 g/mol. The highest BCUT2D eigenvalue weighted by Gasteiger charge is 2.46. The quantitative estimate of drug-likeness (QED) is 0.862. The standard InChI is InChI=1S/C14H19FN2O/c1-4-16-12-9(6-5-7-10(12)15)13(18)17-11-8-14(11,2)3/h5-7,11,16H,4,8H2,1-3H3,(H,17,18). The summed E-state index contributed by atoms with van der Waals surface area (Å²) in [5.41, 5.74) is 0.830. The first-order valence-corrected chi connectivity index (χ1v) is 6.29. The molecule has 98 valence electrons. The molecule has 0 spiro atoms. The minimum atomic E-state index is -0.389. The van der Waals surface area contributed by atoms with E-state index >= 15 is 0 Å². The van der Waals surface area contributed by atoms with Gasteiger partial charge in [-0.25, -0.2) is 4.39 Å². The number of anilines is 1. The number of hydrogen-bond donors (Lipinski definition) is 2. The molecule has 1 aliphatic carbocycles. The molecule has 0 aromatic heterocycles. The van der Waals surface area contributed by atoms with E-state index in [2.05, 4.69) is 24.5 Å². The molecule has 1 atom stereocenters. The Kier molecular flexibility index (Phi) is 3.28. The number of benzene rings is 1. The Labute approximate surface area is 107 Å². The van der Waals surface area contributed by atoms with Gasteiger partial charge in [0, 0.05) is 12.6 Å². The van der Waals surface area contributed by atoms with Crippen LogP contribution in [0, 0.1) is 11.2 Å². The molecule has 2 N–H and O–H groups in total. The number of halogens is 1. The maximum absolute atomic E-state index is 13.7. The van der Waals surface area contributed by atoms with E-state index in [1.807, 2.05) is 6.92 Å². The van der Waals surface area contributed by atoms with Crippen molar-refractivity contribution in [2.45, 2.75) is 33.2 Å². The van der Waals surface area contributed by atoms with E-state index in [0.717, 1.165) is 6.42 Å². The van der Waals surface area contributed by atoms with Gasteiger partial charge in [-0.05, 0) is 30.9 Å². The van der Waals surface area contributed by atoms with Crippen molar-refractivity contribution in [2.24, 2.45) is 5.41 Å². The summed E-state index contributed by atoms with van der Waals surface area (Å²) in [4.78, 5) is 12.1. The fourth-order valence-corrected chi connectivity index (χ4v) is 2.02. The molecule has 1 saturated carbocycles. The second kappa shape index (κ2) is 4.59. The minimum Gasteiger partial charge on any atom is -0.382 e. The van der Waals surface area contributed by atoms with Crippen LogP contribution >= 0.6 is 0 Å². The Hall–Kier alpha value is -1.58. The molecule has 3 nitrogen and oxygen atoms in total. The summed E-state index contributed by atoms with van der Waals surface area (Å²) in [5.74, 6) is -0.597. The molecule has 0 radical (unpaired) electrons. The predicted octanol–water partition coefficient (Wildman–Crippen LogP) is 2.79. The molecule has 0 aliphatic heterocycles. The van der Waals surface area contributed by atoms with E-state index in [9.17, 15) is 9.18 Å². The lowest BCUT2D eigenvalue weighted by Crippen LogP contribution is -2.29. The Morgan fingerprint density at radius 1 is 1.50 bits per heavy atom. The first kappa shape index (κ1) is 12.9. The van der Waals surface area contributed by atoms with Gasteiger partial charge in [-0.2, -0.15) is 0 Å². The van der Waals surface area contributed by atoms with Gasteiger partial charge in [-0.1, -0.05) is 19.9 Å². The normalized spacial score (nSPS) is 20.3. The third-order valence-electron chi connectivity index (χ3n) is 3.43. The summed E-state index contributed by atoms with van der Waals surface area (Å²) < 4.78 is 13.7. The Balaban J connectivity index is 2.17. The van der Waals surface area contributed by atoms with E-state index in [0.29, 0.717) is 12.1 Å². The topological polar surface area (TPSA) is 41.1 Å². The second-order valence-electron chi connectivity index (χ2n) is 5.41. The third kappa shape index (κ3) is 2.47. The summed E-state index contributed by atoms with van der Waals surface area (Å²) in [6.45, 7) is 6.66. The van der Waals surface area contributed by atoms with Crippen molar-refractivity contribution < 1.29 is 9.18 Å². The van der Waals surface area contributed by atoms with E-state index < -0.39 is 0 Å². The zero-order chi connectivity index (χ0) is 13.3. The summed E-state index contributed by atoms with van der Waals surface area (Å²) >= 11 is 0. The van der Waals surface area contributed by atoms with Crippen LogP contribution < -0.4 is 10.6 Å². The SMILES string of the molecule is CCNc1c(F)cccc1C(=O)NC1CC1(C)C. The first-order chi connectivity index (χ1) is 8.45. The number of para-hydroxylation sites is 1. The van der Waals surface area contributed by atoms with Crippen LogP contribution in [0.1, 0.15) is 37.6 Å². The lowest BCUT2D eigenvalue weighted by atomic mass is 10.1. The van der Waals surface area contributed by atoms with Crippen molar-refractivity contribution in [1.29, 1.82) is 0 Å². The molecule has 1 amide bonds. The zero-order valence-electron chi connectivity index (χ0n) is 11.0. The van der Waals surface area contributed by atoms with Crippen molar-refractivity contribution in [2.75, 3.05) is 11.9 Å². The second-order valence-corrected chi connectivity index (χ2v) is 5.41. The molecule has 0 saturated heterocycles. The van der Waals surface area contributed by atoms with Crippen LogP contribution in [0.15, 0.2) is 18.2 Å². The molecule has 1 aliphatic rings. The smallest absolute Gasteiger partial charge is 0.253 e. The minimum absolute atomic E-state index is 0.168. The predicted molar refractivity (Wildman–Crippen MR) is 70.2 cm³/mol. The van der Waals surface area contributed by atoms with Crippen molar-refractivity contribution in [1.82, 2.24) is 5.32 Å². The molecule has 1 fully saturated rings. The summed E-state index contributed by atoms with van der Waals surface area (Å²) in [5, 5.41) is 5.84. The van der Waals surface area contributed by atoms with Crippen LogP contribution in [0.25, 0.3) is 0 Å². The molecule has 1 aromatic rings. The first-order valence-electron chi connectivity index (χ1n) is 6.29. The van der Waals surface area contributed by atoms with Crippen molar-refractivity contribution in [3.8, 4) is 0 Å². The van der Waals surface area contributed by atoms with Gasteiger partial charge in [0.15, 0.2) is 0 Å². The highest BCUT2D eigenvalue weighted by Crippen LogP contribution is 2.44. The number of carbonyl (C=O) groups is 1. The third-order valence-corrected chi connectivity index (χ3v) is 3.43. The largest absolute Gasteiger partial charge is 0.382 e. The van der Waals surface area contributed by atoms with E-state index in [1.165, 1.54) is 6.07 Å². The zero-order valence-corrected chi connectivity index (χ0v) is 11.0. The highest BCUT2D eigenvalue weighted by atomic mass is 19.1. The van der Waals surface area contributed by atoms with Gasteiger partial charge in [0.05, 0.1) is 11.3 Å². The van der Waals surface area contributed by atoms with Crippen molar-refractivity contribution in [3.63, 3.8) is 0 Å². The maximum Gasteiger partial charge on any atom is 0.253 e. The number of hydrogen-bond acceptors (Lipinski definition) is 2. The molecule has 0 heterocycles. The van der Waals surface area contributed by atoms with Crippen LogP contribution in [-0.2, 0) is 0 Å². The molecule has 18 heavy (non-hydrogen) atoms. The van der Waals surface area contributed by atoms with Gasteiger partial charge < -0.3 is 10.6 Å². The van der Waals surface area contributed by atoms with Gasteiger partial charge in [-0.3, -0.25) is 4.79 Å². The molecular weight excluding hydrogens is 231 g/mol. The Morgan fingerprint density at radius 3 is 2.72 bits per heavy atom. The van der Waals surface area contributed by atoms with E-state index in [4.69, 9.17) is 0 Å². The lowest BCUT2D eigenvalue weighted by Gasteiger charge is -2.12. The van der Waals surface area contributed by atoms with Gasteiger partial charge in [0.2, 0.25) is 0 Å². The van der Waals surface area contributed by atoms with Crippen LogP contribution in [0.3, 0.4) is 0 Å². The van der Waals surface area contributed by atoms with Crippen LogP contribution in [-0.4, -0.2) is 18.5 Å². The van der Waals surface area contributed by atoms with Gasteiger partial charge in [0.1, 0.15) is 5.82 Å². The molecule has 1 unspecified atom stereocenters. The van der Waals surface area contributed by atoms with Crippen LogP contribution in [0.5, 0.6) is 0 Å². The molecule has 0 bridgehead atoms. The van der Waals surface area contributed by atoms with E-state index in [-0.39, 0.29) is 28.9 Å². The number of amides is 1. The van der Waals surface area contributed by atoms with Gasteiger partial charge in [0.25, 0.3) is 5.91 Å². The number of rotatable bonds is 4. The Bertz CT molecular complexity index is 471. The molecular formula is C14H19FN2O. The average Bonchev–Trinajstić information content (AvgIpc) is 2.89. The van der Waals surface area contributed by atoms with Crippen LogP contribution in [0.2, 0.25) is 0 Å². The van der Waals surface area contributed by atoms with Crippen LogP contribution in [0.4, 0.5) is 10.1 Å². The van der Waals surface area contributed by atoms with E-state index in [1.54, 1.807) is 12.1 Å². The highest BCUT2D eigenvalue weighted by molar-refractivity contribution is 6.00. The van der Waals surface area contributed by atoms with Gasteiger partial charge in [-0.15, -0.1) is 0 Å². The average molecular weight is 250 g/mol. The summed E-state index contributed by atoms with van der Waals surface area (Å²) in [7, 11) is 0. The fourth-order valence-electron chi connectivity index (χ4n) is 2.02. The number of carbonyl (C=O) groups excluding carboxylic acids is 1. The fraction of sp³-hybridized carbons (Fsp3) is 0.500.